The van der Waals surface area contributed by atoms with Crippen molar-refractivity contribution < 1.29 is 28.2 Å². The number of hydrogen-bond acceptors (Lipinski definition) is 5. The normalized spacial score (nSPS) is 15.9. The third kappa shape index (κ3) is 3.69. The molecular weight excluding hydrogens is 291 g/mol. The lowest BCUT2D eigenvalue weighted by molar-refractivity contribution is -0.230. The Kier molecular flexibility index (Phi) is 3.91. The van der Waals surface area contributed by atoms with Crippen LogP contribution in [-0.4, -0.2) is 33.2 Å². The summed E-state index contributed by atoms with van der Waals surface area (Å²) in [4.78, 5) is 15.0. The van der Waals surface area contributed by atoms with Crippen LogP contribution in [0.15, 0.2) is 18.3 Å². The van der Waals surface area contributed by atoms with Gasteiger partial charge in [0.1, 0.15) is 5.69 Å². The Balaban J connectivity index is 2.09. The van der Waals surface area contributed by atoms with Crippen LogP contribution in [0.3, 0.4) is 0 Å². The number of aromatic nitrogens is 1. The van der Waals surface area contributed by atoms with Crippen molar-refractivity contribution in [1.29, 1.82) is 0 Å². The zero-order valence-electron chi connectivity index (χ0n) is 11.1. The topological polar surface area (TPSA) is 85.7 Å². The van der Waals surface area contributed by atoms with Gasteiger partial charge >= 0.3 is 6.18 Å². The highest BCUT2D eigenvalue weighted by Gasteiger charge is 2.37. The van der Waals surface area contributed by atoms with Crippen LogP contribution in [0.25, 0.3) is 0 Å². The number of pyridine rings is 1. The van der Waals surface area contributed by atoms with Gasteiger partial charge in [0, 0.05) is 19.2 Å². The zero-order valence-corrected chi connectivity index (χ0v) is 11.1. The Bertz CT molecular complexity index is 527. The number of aliphatic hydroxyl groups is 2. The van der Waals surface area contributed by atoms with Gasteiger partial charge in [-0.1, -0.05) is 0 Å². The number of nitrogens with zero attached hydrogens (tertiary/aromatic N) is 2. The highest BCUT2D eigenvalue weighted by Crippen LogP contribution is 2.31. The van der Waals surface area contributed by atoms with Gasteiger partial charge in [-0.15, -0.1) is 0 Å². The van der Waals surface area contributed by atoms with E-state index in [1.54, 1.807) is 0 Å². The summed E-state index contributed by atoms with van der Waals surface area (Å²) >= 11 is 0. The molecule has 0 spiro atoms. The van der Waals surface area contributed by atoms with E-state index in [2.05, 4.69) is 10.4 Å². The van der Waals surface area contributed by atoms with Crippen molar-refractivity contribution in [3.05, 3.63) is 29.6 Å². The molecule has 9 heteroatoms. The second kappa shape index (κ2) is 5.24. The molecule has 6 nitrogen and oxygen atoms in total. The first-order valence-corrected chi connectivity index (χ1v) is 6.15. The van der Waals surface area contributed by atoms with E-state index in [9.17, 15) is 28.2 Å². The van der Waals surface area contributed by atoms with Crippen LogP contribution in [0, 0.1) is 5.92 Å². The average molecular weight is 305 g/mol. The van der Waals surface area contributed by atoms with Crippen LogP contribution in [-0.2, 0) is 16.9 Å². The van der Waals surface area contributed by atoms with Gasteiger partial charge in [0.25, 0.3) is 5.91 Å². The van der Waals surface area contributed by atoms with Gasteiger partial charge < -0.3 is 10.2 Å². The van der Waals surface area contributed by atoms with Crippen LogP contribution >= 0.6 is 0 Å². The lowest BCUT2D eigenvalue weighted by Gasteiger charge is -2.28. The molecule has 116 valence electrons. The van der Waals surface area contributed by atoms with Crippen LogP contribution < -0.4 is 5.43 Å². The maximum atomic E-state index is 12.4. The molecule has 0 saturated heterocycles. The fourth-order valence-corrected chi connectivity index (χ4v) is 1.72. The van der Waals surface area contributed by atoms with Gasteiger partial charge in [0.2, 0.25) is 5.91 Å². The molecule has 0 unspecified atom stereocenters. The second-order valence-corrected chi connectivity index (χ2v) is 4.89. The fourth-order valence-electron chi connectivity index (χ4n) is 1.72. The molecule has 1 heterocycles. The molecule has 1 aliphatic carbocycles. The molecular formula is C12H14F3N3O3. The number of carbonyl (C=O) groups is 1. The van der Waals surface area contributed by atoms with Gasteiger partial charge in [-0.25, -0.2) is 0 Å². The molecule has 0 aliphatic heterocycles. The quantitative estimate of drug-likeness (QED) is 0.559. The summed E-state index contributed by atoms with van der Waals surface area (Å²) in [5.74, 6) is -3.23. The summed E-state index contributed by atoms with van der Waals surface area (Å²) in [6, 6.07) is 1.50. The van der Waals surface area contributed by atoms with E-state index in [0.29, 0.717) is 12.3 Å². The van der Waals surface area contributed by atoms with Crippen molar-refractivity contribution in [3.63, 3.8) is 0 Å². The first kappa shape index (κ1) is 15.7. The van der Waals surface area contributed by atoms with Crippen molar-refractivity contribution in [3.8, 4) is 0 Å². The predicted molar refractivity (Wildman–Crippen MR) is 64.0 cm³/mol. The number of nitrogens with one attached hydrogen (secondary N) is 1. The van der Waals surface area contributed by atoms with Crippen LogP contribution in [0.1, 0.15) is 24.1 Å². The van der Waals surface area contributed by atoms with Crippen LogP contribution in [0.5, 0.6) is 0 Å². The molecule has 1 aliphatic rings. The maximum absolute atomic E-state index is 12.4. The largest absolute Gasteiger partial charge is 0.417 e. The van der Waals surface area contributed by atoms with E-state index in [1.165, 1.54) is 7.05 Å². The molecule has 0 radical (unpaired) electrons. The Hall–Kier alpha value is -1.71. The Morgan fingerprint density at radius 1 is 1.38 bits per heavy atom. The maximum Gasteiger partial charge on any atom is 0.417 e. The van der Waals surface area contributed by atoms with Crippen molar-refractivity contribution in [2.24, 2.45) is 5.92 Å². The van der Waals surface area contributed by atoms with E-state index in [-0.39, 0.29) is 11.8 Å². The van der Waals surface area contributed by atoms with Crippen molar-refractivity contribution in [2.75, 3.05) is 7.05 Å². The molecule has 0 bridgehead atoms. The number of carbonyl (C=O) groups excluding carboxylic acids is 1. The number of hydrazine groups is 1. The van der Waals surface area contributed by atoms with Gasteiger partial charge in [0.15, 0.2) is 0 Å². The van der Waals surface area contributed by atoms with Gasteiger partial charge in [-0.2, -0.15) is 18.6 Å². The molecule has 0 aromatic carbocycles. The lowest BCUT2D eigenvalue weighted by Crippen LogP contribution is -2.53. The molecule has 1 amide bonds. The molecule has 1 aromatic heterocycles. The molecule has 1 fully saturated rings. The third-order valence-electron chi connectivity index (χ3n) is 3.03. The van der Waals surface area contributed by atoms with Gasteiger partial charge in [-0.05, 0) is 25.0 Å². The highest BCUT2D eigenvalue weighted by atomic mass is 19.4. The molecule has 3 N–H and O–H groups in total. The van der Waals surface area contributed by atoms with Crippen molar-refractivity contribution in [2.45, 2.75) is 24.9 Å². The van der Waals surface area contributed by atoms with E-state index in [1.807, 2.05) is 0 Å². The molecule has 2 rings (SSSR count). The minimum Gasteiger partial charge on any atom is -0.347 e. The second-order valence-electron chi connectivity index (χ2n) is 4.89. The summed E-state index contributed by atoms with van der Waals surface area (Å²) in [5.41, 5.74) is 0.640. The number of rotatable bonds is 4. The Morgan fingerprint density at radius 3 is 2.43 bits per heavy atom. The highest BCUT2D eigenvalue weighted by molar-refractivity contribution is 5.80. The van der Waals surface area contributed by atoms with Gasteiger partial charge in [0.05, 0.1) is 5.56 Å². The number of amides is 1. The summed E-state index contributed by atoms with van der Waals surface area (Å²) < 4.78 is 37.2. The zero-order chi connectivity index (χ0) is 15.8. The summed E-state index contributed by atoms with van der Waals surface area (Å²) in [6.07, 6.45) is -2.62. The van der Waals surface area contributed by atoms with Crippen molar-refractivity contribution in [1.82, 2.24) is 15.4 Å². The molecule has 1 saturated carbocycles. The molecule has 0 atom stereocenters. The SMILES string of the molecule is CN(NC(O)(O)c1ccc(C(F)(F)F)cn1)C(=O)C1CC1. The smallest absolute Gasteiger partial charge is 0.347 e. The molecule has 1 aromatic rings. The number of halogens is 3. The standard InChI is InChI=1S/C12H14F3N3O3/c1-18(10(19)7-2-3-7)17-12(20,21)9-5-4-8(6-16-9)11(13,14)15/h4-7,17,20-21H,2-3H2,1H3. The predicted octanol–water partition coefficient (Wildman–Crippen LogP) is 0.568. The number of alkyl halides is 3. The van der Waals surface area contributed by atoms with Crippen LogP contribution in [0.4, 0.5) is 13.2 Å². The first-order valence-electron chi connectivity index (χ1n) is 6.15. The van der Waals surface area contributed by atoms with E-state index < -0.39 is 23.3 Å². The monoisotopic (exact) mass is 305 g/mol. The fraction of sp³-hybridized carbons (Fsp3) is 0.500. The van der Waals surface area contributed by atoms with E-state index >= 15 is 0 Å². The van der Waals surface area contributed by atoms with Crippen LogP contribution in [0.2, 0.25) is 0 Å². The van der Waals surface area contributed by atoms with E-state index in [0.717, 1.165) is 23.9 Å². The minimum absolute atomic E-state index is 0.154. The van der Waals surface area contributed by atoms with E-state index in [4.69, 9.17) is 0 Å². The van der Waals surface area contributed by atoms with Crippen molar-refractivity contribution >= 4 is 5.91 Å². The Morgan fingerprint density at radius 2 is 2.00 bits per heavy atom. The summed E-state index contributed by atoms with van der Waals surface area (Å²) in [5, 5.41) is 20.5. The average Bonchev–Trinajstić information content (AvgIpc) is 3.20. The summed E-state index contributed by atoms with van der Waals surface area (Å²) in [7, 11) is 1.30. The minimum atomic E-state index is -4.56. The third-order valence-corrected chi connectivity index (χ3v) is 3.03. The first-order chi connectivity index (χ1) is 9.61. The van der Waals surface area contributed by atoms with Gasteiger partial charge in [-0.3, -0.25) is 14.8 Å². The Labute approximate surface area is 118 Å². The molecule has 21 heavy (non-hydrogen) atoms. The number of hydrogen-bond donors (Lipinski definition) is 3. The lowest BCUT2D eigenvalue weighted by atomic mass is 10.2. The summed E-state index contributed by atoms with van der Waals surface area (Å²) in [6.45, 7) is 0.